The van der Waals surface area contributed by atoms with Crippen LogP contribution in [0.25, 0.3) is 0 Å². The Hall–Kier alpha value is 1.07. The maximum absolute atomic E-state index is 3.86. The fourth-order valence-electron chi connectivity index (χ4n) is 0.519. The number of hydrogen-bond donors (Lipinski definition) is 0. The van der Waals surface area contributed by atoms with Crippen molar-refractivity contribution in [2.75, 3.05) is 0 Å². The quantitative estimate of drug-likeness (QED) is 0.602. The Morgan fingerprint density at radius 1 is 1.36 bits per heavy atom. The third-order valence-electron chi connectivity index (χ3n) is 0.978. The Balaban J connectivity index is 2.65. The third-order valence-corrected chi connectivity index (χ3v) is 5.22. The number of allylic oxidation sites excluding steroid dienone is 1. The van der Waals surface area contributed by atoms with Gasteiger partial charge in [-0.1, -0.05) is 5.21 Å². The van der Waals surface area contributed by atoms with Crippen molar-refractivity contribution in [3.63, 3.8) is 0 Å². The van der Waals surface area contributed by atoms with Crippen LogP contribution in [0.1, 0.15) is 0 Å². The Bertz CT molecular complexity index is 250. The first-order chi connectivity index (χ1) is 5.20. The maximum atomic E-state index is 3.86. The van der Waals surface area contributed by atoms with Crippen molar-refractivity contribution in [1.82, 2.24) is 15.0 Å². The molecule has 0 aliphatic rings. The summed E-state index contributed by atoms with van der Waals surface area (Å²) in [5.74, 6) is 0. The van der Waals surface area contributed by atoms with Crippen LogP contribution < -0.4 is 0 Å². The summed E-state index contributed by atoms with van der Waals surface area (Å²) in [6.07, 6.45) is 3.54. The molecule has 0 radical (unpaired) electrons. The number of halogens is 3. The van der Waals surface area contributed by atoms with Crippen LogP contribution >= 0.6 is 67.8 Å². The van der Waals surface area contributed by atoms with Gasteiger partial charge in [-0.2, -0.15) is 0 Å². The first-order valence-electron chi connectivity index (χ1n) is 2.74. The van der Waals surface area contributed by atoms with E-state index in [0.717, 1.165) is 6.54 Å². The molecular formula is C5H4I3N3. The lowest BCUT2D eigenvalue weighted by Crippen LogP contribution is -1.98. The molecule has 0 spiro atoms. The molecular weight excluding hydrogens is 483 g/mol. The molecule has 6 heteroatoms. The van der Waals surface area contributed by atoms with Crippen molar-refractivity contribution in [1.29, 1.82) is 0 Å². The standard InChI is InChI=1S/C5H4I3N3/c6-4(5(7)8)3-11-2-1-9-10-11/h1-2H,3H2. The van der Waals surface area contributed by atoms with Gasteiger partial charge in [-0.25, -0.2) is 4.68 Å². The highest BCUT2D eigenvalue weighted by atomic mass is 127. The number of hydrogen-bond acceptors (Lipinski definition) is 2. The number of rotatable bonds is 2. The molecule has 0 fully saturated rings. The molecule has 0 aliphatic carbocycles. The van der Waals surface area contributed by atoms with E-state index in [-0.39, 0.29) is 0 Å². The van der Waals surface area contributed by atoms with Gasteiger partial charge >= 0.3 is 0 Å². The highest BCUT2D eigenvalue weighted by Crippen LogP contribution is 2.25. The monoisotopic (exact) mass is 487 g/mol. The molecule has 1 aromatic heterocycles. The molecule has 0 amide bonds. The number of aromatic nitrogens is 3. The van der Waals surface area contributed by atoms with E-state index in [1.54, 1.807) is 10.9 Å². The molecule has 0 unspecified atom stereocenters. The zero-order chi connectivity index (χ0) is 8.27. The zero-order valence-corrected chi connectivity index (χ0v) is 11.8. The first kappa shape index (κ1) is 10.2. The molecule has 60 valence electrons. The largest absolute Gasteiger partial charge is 0.248 e. The summed E-state index contributed by atoms with van der Waals surface area (Å²) in [5.41, 5.74) is 0. The van der Waals surface area contributed by atoms with E-state index in [4.69, 9.17) is 0 Å². The Kier molecular flexibility index (Phi) is 4.56. The van der Waals surface area contributed by atoms with Gasteiger partial charge < -0.3 is 0 Å². The minimum atomic E-state index is 0.821. The first-order valence-corrected chi connectivity index (χ1v) is 5.97. The van der Waals surface area contributed by atoms with Crippen LogP contribution in [0.4, 0.5) is 0 Å². The second-order valence-electron chi connectivity index (χ2n) is 1.77. The predicted octanol–water partition coefficient (Wildman–Crippen LogP) is 2.75. The summed E-state index contributed by atoms with van der Waals surface area (Å²) >= 11 is 6.89. The number of nitrogens with zero attached hydrogens (tertiary/aromatic N) is 3. The lowest BCUT2D eigenvalue weighted by atomic mass is 10.6. The van der Waals surface area contributed by atoms with Crippen molar-refractivity contribution < 1.29 is 0 Å². The Labute approximate surface area is 105 Å². The van der Waals surface area contributed by atoms with Gasteiger partial charge in [0.05, 0.1) is 14.3 Å². The minimum Gasteiger partial charge on any atom is -0.248 e. The third kappa shape index (κ3) is 3.53. The van der Waals surface area contributed by atoms with Crippen LogP contribution in [0.2, 0.25) is 0 Å². The lowest BCUT2D eigenvalue weighted by molar-refractivity contribution is 0.660. The summed E-state index contributed by atoms with van der Waals surface area (Å²) < 4.78 is 4.37. The van der Waals surface area contributed by atoms with Gasteiger partial charge in [0.2, 0.25) is 0 Å². The van der Waals surface area contributed by atoms with Gasteiger partial charge in [0.1, 0.15) is 0 Å². The predicted molar refractivity (Wildman–Crippen MR) is 69.1 cm³/mol. The summed E-state index contributed by atoms with van der Waals surface area (Å²) in [4.78, 5) is 0. The molecule has 0 atom stereocenters. The molecule has 0 aliphatic heterocycles. The van der Waals surface area contributed by atoms with E-state index in [9.17, 15) is 0 Å². The van der Waals surface area contributed by atoms with E-state index in [0.29, 0.717) is 0 Å². The fraction of sp³-hybridized carbons (Fsp3) is 0.200. The van der Waals surface area contributed by atoms with Crippen LogP contribution in [-0.4, -0.2) is 15.0 Å². The lowest BCUT2D eigenvalue weighted by Gasteiger charge is -1.98. The molecule has 3 nitrogen and oxygen atoms in total. The zero-order valence-electron chi connectivity index (χ0n) is 5.34. The molecule has 0 aromatic carbocycles. The highest BCUT2D eigenvalue weighted by Gasteiger charge is 1.98. The summed E-state index contributed by atoms with van der Waals surface area (Å²) in [7, 11) is 0. The fourth-order valence-corrected chi connectivity index (χ4v) is 1.21. The minimum absolute atomic E-state index is 0.821. The summed E-state index contributed by atoms with van der Waals surface area (Å²) in [6, 6.07) is 0. The van der Waals surface area contributed by atoms with E-state index in [1.807, 2.05) is 6.20 Å². The van der Waals surface area contributed by atoms with Crippen molar-refractivity contribution >= 4 is 67.8 Å². The molecule has 0 bridgehead atoms. The van der Waals surface area contributed by atoms with Gasteiger partial charge in [-0.3, -0.25) is 0 Å². The van der Waals surface area contributed by atoms with E-state index in [1.165, 1.54) is 5.17 Å². The van der Waals surface area contributed by atoms with Crippen molar-refractivity contribution in [3.8, 4) is 0 Å². The Morgan fingerprint density at radius 3 is 2.55 bits per heavy atom. The molecule has 11 heavy (non-hydrogen) atoms. The van der Waals surface area contributed by atoms with Crippen molar-refractivity contribution in [3.05, 3.63) is 17.6 Å². The molecule has 0 saturated heterocycles. The van der Waals surface area contributed by atoms with Crippen LogP contribution in [-0.2, 0) is 6.54 Å². The van der Waals surface area contributed by atoms with Crippen LogP contribution in [0.3, 0.4) is 0 Å². The second-order valence-corrected chi connectivity index (χ2v) is 7.29. The molecule has 1 aromatic rings. The average Bonchev–Trinajstić information content (AvgIpc) is 2.39. The average molecular weight is 487 g/mol. The van der Waals surface area contributed by atoms with E-state index in [2.05, 4.69) is 78.1 Å². The van der Waals surface area contributed by atoms with Crippen molar-refractivity contribution in [2.45, 2.75) is 6.54 Å². The summed E-state index contributed by atoms with van der Waals surface area (Å²) in [5, 5.41) is 7.58. The van der Waals surface area contributed by atoms with Crippen LogP contribution in [0, 0.1) is 0 Å². The van der Waals surface area contributed by atoms with Gasteiger partial charge in [-0.05, 0) is 67.8 Å². The van der Waals surface area contributed by atoms with Gasteiger partial charge in [0.25, 0.3) is 0 Å². The van der Waals surface area contributed by atoms with Crippen LogP contribution in [0.15, 0.2) is 17.6 Å². The SMILES string of the molecule is IC(I)=C(I)Cn1ccnn1. The van der Waals surface area contributed by atoms with Crippen molar-refractivity contribution in [2.24, 2.45) is 0 Å². The normalized spacial score (nSPS) is 9.73. The molecule has 1 rings (SSSR count). The molecule has 0 N–H and O–H groups in total. The summed E-state index contributed by atoms with van der Waals surface area (Å²) in [6.45, 7) is 0.821. The van der Waals surface area contributed by atoms with Gasteiger partial charge in [-0.15, -0.1) is 5.10 Å². The second kappa shape index (κ2) is 4.94. The highest BCUT2D eigenvalue weighted by molar-refractivity contribution is 14.2. The van der Waals surface area contributed by atoms with Crippen LogP contribution in [0.5, 0.6) is 0 Å². The van der Waals surface area contributed by atoms with E-state index >= 15 is 0 Å². The van der Waals surface area contributed by atoms with E-state index < -0.39 is 0 Å². The van der Waals surface area contributed by atoms with Gasteiger partial charge in [0, 0.05) is 9.78 Å². The smallest absolute Gasteiger partial charge is 0.0749 e. The molecule has 0 saturated carbocycles. The maximum Gasteiger partial charge on any atom is 0.0749 e. The topological polar surface area (TPSA) is 30.7 Å². The molecule has 1 heterocycles. The van der Waals surface area contributed by atoms with Gasteiger partial charge in [0.15, 0.2) is 0 Å². The Morgan fingerprint density at radius 2 is 2.09 bits per heavy atom.